The van der Waals surface area contributed by atoms with Gasteiger partial charge in [0.25, 0.3) is 0 Å². The van der Waals surface area contributed by atoms with Crippen molar-refractivity contribution in [2.45, 2.75) is 30.7 Å². The van der Waals surface area contributed by atoms with Crippen LogP contribution in [-0.4, -0.2) is 89.3 Å². The van der Waals surface area contributed by atoms with Gasteiger partial charge in [-0.3, -0.25) is 4.79 Å². The minimum atomic E-state index is -1.73. The molecule has 13 nitrogen and oxygen atoms in total. The number of fused-ring (bicyclic) bond motifs is 1. The van der Waals surface area contributed by atoms with Crippen LogP contribution in [0.5, 0.6) is 34.5 Å². The summed E-state index contributed by atoms with van der Waals surface area (Å²) in [7, 11) is 3.91. The molecule has 0 radical (unpaired) electrons. The number of rotatable bonds is 7. The fourth-order valence-electron chi connectivity index (χ4n) is 4.08. The maximum Gasteiger partial charge on any atom is 0.229 e. The van der Waals surface area contributed by atoms with E-state index in [-0.39, 0.29) is 50.8 Å². The largest absolute Gasteiger partial charge is 0.504 e. The lowest BCUT2D eigenvalue weighted by Crippen LogP contribution is -2.60. The third-order valence-electron chi connectivity index (χ3n) is 6.05. The molecule has 1 saturated heterocycles. The third kappa shape index (κ3) is 4.47. The highest BCUT2D eigenvalue weighted by molar-refractivity contribution is 5.92. The Morgan fingerprint density at radius 1 is 0.865 bits per heavy atom. The van der Waals surface area contributed by atoms with Gasteiger partial charge >= 0.3 is 0 Å². The SMILES string of the molecule is COc1cc(OC)c(-c2coc3cc(O[C@@H]4O[C@@H](CO)[C@H](O)[C@@H](O)[C@@H]4O)c(OC)c(O)c3c2=O)cc1O. The zero-order valence-corrected chi connectivity index (χ0v) is 19.9. The first kappa shape index (κ1) is 26.3. The van der Waals surface area contributed by atoms with Crippen LogP contribution in [0.3, 0.4) is 0 Å². The first-order valence-electron chi connectivity index (χ1n) is 10.9. The van der Waals surface area contributed by atoms with E-state index in [1.54, 1.807) is 0 Å². The Morgan fingerprint density at radius 3 is 2.19 bits per heavy atom. The van der Waals surface area contributed by atoms with Crippen molar-refractivity contribution in [3.8, 4) is 45.6 Å². The average molecular weight is 522 g/mol. The molecule has 6 N–H and O–H groups in total. The summed E-state index contributed by atoms with van der Waals surface area (Å²) < 4.78 is 32.1. The molecule has 0 aliphatic carbocycles. The number of aliphatic hydroxyl groups excluding tert-OH is 4. The molecule has 2 aromatic carbocycles. The van der Waals surface area contributed by atoms with Gasteiger partial charge in [-0.2, -0.15) is 0 Å². The molecule has 5 atom stereocenters. The van der Waals surface area contributed by atoms with Gasteiger partial charge < -0.3 is 58.7 Å². The van der Waals surface area contributed by atoms with Gasteiger partial charge in [-0.05, 0) is 6.07 Å². The summed E-state index contributed by atoms with van der Waals surface area (Å²) >= 11 is 0. The van der Waals surface area contributed by atoms with Crippen molar-refractivity contribution in [1.29, 1.82) is 0 Å². The van der Waals surface area contributed by atoms with Crippen molar-refractivity contribution in [2.24, 2.45) is 0 Å². The number of aliphatic hydroxyl groups is 4. The molecule has 1 aliphatic heterocycles. The Balaban J connectivity index is 1.81. The smallest absolute Gasteiger partial charge is 0.229 e. The molecule has 0 bridgehead atoms. The Labute approximate surface area is 209 Å². The molecule has 2 heterocycles. The van der Waals surface area contributed by atoms with Gasteiger partial charge in [-0.15, -0.1) is 0 Å². The number of aromatic hydroxyl groups is 2. The second-order valence-corrected chi connectivity index (χ2v) is 8.15. The van der Waals surface area contributed by atoms with Crippen LogP contribution in [0.4, 0.5) is 0 Å². The van der Waals surface area contributed by atoms with Crippen molar-refractivity contribution in [3.05, 3.63) is 34.7 Å². The highest BCUT2D eigenvalue weighted by Crippen LogP contribution is 2.44. The van der Waals surface area contributed by atoms with Gasteiger partial charge in [-0.1, -0.05) is 0 Å². The van der Waals surface area contributed by atoms with Gasteiger partial charge in [0.2, 0.25) is 17.5 Å². The summed E-state index contributed by atoms with van der Waals surface area (Å²) in [6.45, 7) is -0.674. The van der Waals surface area contributed by atoms with E-state index >= 15 is 0 Å². The summed E-state index contributed by atoms with van der Waals surface area (Å²) in [5, 5.41) is 60.5. The van der Waals surface area contributed by atoms with Gasteiger partial charge in [0, 0.05) is 17.7 Å². The molecule has 0 amide bonds. The van der Waals surface area contributed by atoms with Crippen molar-refractivity contribution in [3.63, 3.8) is 0 Å². The lowest BCUT2D eigenvalue weighted by atomic mass is 9.99. The van der Waals surface area contributed by atoms with Gasteiger partial charge in [0.05, 0.1) is 33.5 Å². The molecule has 0 saturated carbocycles. The Hall–Kier alpha value is -3.75. The van der Waals surface area contributed by atoms with Gasteiger partial charge in [-0.25, -0.2) is 0 Å². The number of hydrogen-bond donors (Lipinski definition) is 6. The zero-order chi connectivity index (χ0) is 27.0. The minimum Gasteiger partial charge on any atom is -0.504 e. The fraction of sp³-hybridized carbons (Fsp3) is 0.375. The van der Waals surface area contributed by atoms with E-state index in [9.17, 15) is 35.4 Å². The van der Waals surface area contributed by atoms with Crippen molar-refractivity contribution >= 4 is 11.0 Å². The number of ether oxygens (including phenoxy) is 5. The number of phenols is 2. The molecule has 1 aliphatic rings. The standard InChI is InChI=1S/C24H26O13/c1-32-12-5-13(33-2)11(26)4-9(12)10-8-35-14-6-15(23(34-3)20(29)17(14)18(10)27)36-24-22(31)21(30)19(28)16(7-25)37-24/h4-6,8,16,19,21-22,24-26,28-31H,7H2,1-3H3/t16-,19-,21+,22-,24+/m0/s1. The highest BCUT2D eigenvalue weighted by atomic mass is 16.7. The summed E-state index contributed by atoms with van der Waals surface area (Å²) in [6, 6.07) is 3.83. The summed E-state index contributed by atoms with van der Waals surface area (Å²) in [6.07, 6.45) is -6.76. The predicted molar refractivity (Wildman–Crippen MR) is 125 cm³/mol. The molecule has 1 fully saturated rings. The van der Waals surface area contributed by atoms with Gasteiger partial charge in [0.15, 0.2) is 23.0 Å². The predicted octanol–water partition coefficient (Wildman–Crippen LogP) is 0.0757. The maximum absolute atomic E-state index is 13.4. The first-order chi connectivity index (χ1) is 17.7. The quantitative estimate of drug-likeness (QED) is 0.244. The van der Waals surface area contributed by atoms with Gasteiger partial charge in [0.1, 0.15) is 47.4 Å². The summed E-state index contributed by atoms with van der Waals surface area (Å²) in [5.41, 5.74) is -0.721. The maximum atomic E-state index is 13.4. The van der Waals surface area contributed by atoms with Crippen LogP contribution in [0.1, 0.15) is 0 Å². The first-order valence-corrected chi connectivity index (χ1v) is 10.9. The molecule has 13 heteroatoms. The lowest BCUT2D eigenvalue weighted by molar-refractivity contribution is -0.277. The Kier molecular flexibility index (Phi) is 7.34. The lowest BCUT2D eigenvalue weighted by Gasteiger charge is -2.39. The second kappa shape index (κ2) is 10.3. The summed E-state index contributed by atoms with van der Waals surface area (Å²) in [4.78, 5) is 13.4. The van der Waals surface area contributed by atoms with E-state index < -0.39 is 48.5 Å². The second-order valence-electron chi connectivity index (χ2n) is 8.15. The average Bonchev–Trinajstić information content (AvgIpc) is 2.89. The number of phenolic OH excluding ortho intramolecular Hbond substituents is 2. The molecular formula is C24H26O13. The van der Waals surface area contributed by atoms with E-state index in [0.717, 1.165) is 6.26 Å². The normalized spacial score (nSPS) is 23.6. The topological polar surface area (TPSA) is 198 Å². The number of hydrogen-bond acceptors (Lipinski definition) is 13. The minimum absolute atomic E-state index is 0.0535. The highest BCUT2D eigenvalue weighted by Gasteiger charge is 2.45. The molecule has 3 aromatic rings. The Morgan fingerprint density at radius 2 is 1.57 bits per heavy atom. The molecule has 200 valence electrons. The van der Waals surface area contributed by atoms with Crippen molar-refractivity contribution in [2.75, 3.05) is 27.9 Å². The Bertz CT molecular complexity index is 1350. The van der Waals surface area contributed by atoms with Crippen LogP contribution in [-0.2, 0) is 4.74 Å². The van der Waals surface area contributed by atoms with E-state index in [1.165, 1.54) is 39.5 Å². The molecule has 0 unspecified atom stereocenters. The van der Waals surface area contributed by atoms with Crippen LogP contribution in [0.25, 0.3) is 22.1 Å². The number of methoxy groups -OCH3 is 3. The molecule has 4 rings (SSSR count). The van der Waals surface area contributed by atoms with E-state index in [2.05, 4.69) is 0 Å². The molecule has 0 spiro atoms. The van der Waals surface area contributed by atoms with Crippen LogP contribution < -0.4 is 24.4 Å². The molecule has 37 heavy (non-hydrogen) atoms. The zero-order valence-electron chi connectivity index (χ0n) is 19.9. The van der Waals surface area contributed by atoms with Crippen LogP contribution in [0.15, 0.2) is 33.7 Å². The van der Waals surface area contributed by atoms with E-state index in [1.807, 2.05) is 0 Å². The molecule has 1 aromatic heterocycles. The van der Waals surface area contributed by atoms with Crippen molar-refractivity contribution in [1.82, 2.24) is 0 Å². The fourth-order valence-corrected chi connectivity index (χ4v) is 4.08. The summed E-state index contributed by atoms with van der Waals surface area (Å²) in [5.74, 6) is -1.17. The van der Waals surface area contributed by atoms with Crippen LogP contribution >= 0.6 is 0 Å². The van der Waals surface area contributed by atoms with Crippen molar-refractivity contribution < 1.29 is 58.7 Å². The molecular weight excluding hydrogens is 496 g/mol. The van der Waals surface area contributed by atoms with E-state index in [4.69, 9.17) is 28.1 Å². The number of benzene rings is 2. The monoisotopic (exact) mass is 522 g/mol. The van der Waals surface area contributed by atoms with E-state index in [0.29, 0.717) is 0 Å². The third-order valence-corrected chi connectivity index (χ3v) is 6.05. The van der Waals surface area contributed by atoms with Crippen LogP contribution in [0.2, 0.25) is 0 Å². The van der Waals surface area contributed by atoms with Crippen LogP contribution in [0, 0.1) is 0 Å².